The number of fused-ring (bicyclic) bond motifs is 1. The van der Waals surface area contributed by atoms with Crippen molar-refractivity contribution in [2.45, 2.75) is 13.3 Å². The molecule has 0 radical (unpaired) electrons. The number of rotatable bonds is 7. The summed E-state index contributed by atoms with van der Waals surface area (Å²) in [5.74, 6) is -0.0380. The van der Waals surface area contributed by atoms with E-state index >= 15 is 0 Å². The molecule has 28 heavy (non-hydrogen) atoms. The molecule has 0 bridgehead atoms. The highest BCUT2D eigenvalue weighted by Gasteiger charge is 2.17. The second-order valence-corrected chi connectivity index (χ2v) is 8.25. The van der Waals surface area contributed by atoms with E-state index < -0.39 is 15.8 Å². The van der Waals surface area contributed by atoms with Gasteiger partial charge in [0.1, 0.15) is 18.0 Å². The molecule has 7 nitrogen and oxygen atoms in total. The minimum Gasteiger partial charge on any atom is -0.373 e. The average Bonchev–Trinajstić information content (AvgIpc) is 2.66. The van der Waals surface area contributed by atoms with Crippen LogP contribution in [0.2, 0.25) is 5.02 Å². The van der Waals surface area contributed by atoms with Gasteiger partial charge in [0.05, 0.1) is 27.7 Å². The number of aromatic nitrogens is 2. The van der Waals surface area contributed by atoms with Crippen LogP contribution in [0.4, 0.5) is 27.3 Å². The number of sulfonamides is 1. The van der Waals surface area contributed by atoms with E-state index in [0.29, 0.717) is 17.9 Å². The molecule has 0 amide bonds. The molecule has 3 rings (SSSR count). The average molecular weight is 424 g/mol. The molecule has 3 aromatic rings. The summed E-state index contributed by atoms with van der Waals surface area (Å²) in [6.07, 6.45) is 1.90. The second-order valence-electron chi connectivity index (χ2n) is 6.03. The lowest BCUT2D eigenvalue weighted by molar-refractivity contribution is 0.599. The lowest BCUT2D eigenvalue weighted by atomic mass is 10.2. The molecule has 0 saturated carbocycles. The van der Waals surface area contributed by atoms with Crippen molar-refractivity contribution in [3.05, 3.63) is 47.5 Å². The summed E-state index contributed by atoms with van der Waals surface area (Å²) in [6, 6.07) is 7.69. The molecule has 0 aliphatic rings. The first-order valence-electron chi connectivity index (χ1n) is 8.52. The summed E-state index contributed by atoms with van der Waals surface area (Å²) < 4.78 is 40.8. The van der Waals surface area contributed by atoms with Gasteiger partial charge in [0.2, 0.25) is 10.0 Å². The van der Waals surface area contributed by atoms with Crippen molar-refractivity contribution >= 4 is 55.4 Å². The van der Waals surface area contributed by atoms with Gasteiger partial charge in [-0.3, -0.25) is 4.72 Å². The minimum atomic E-state index is -3.56. The van der Waals surface area contributed by atoms with Crippen LogP contribution in [0.15, 0.2) is 36.7 Å². The molecule has 2 aromatic carbocycles. The van der Waals surface area contributed by atoms with Gasteiger partial charge in [-0.15, -0.1) is 0 Å². The van der Waals surface area contributed by atoms with Crippen LogP contribution in [0, 0.1) is 5.82 Å². The Morgan fingerprint density at radius 3 is 2.68 bits per heavy atom. The maximum absolute atomic E-state index is 14.4. The molecule has 0 atom stereocenters. The standard InChI is InChI=1S/C18H19ClFN5O2S/c1-3-8-28(26,27)25-15-7-5-13(20)17(16(15)19)24-11-4-6-14-12(9-11)18(21-2)23-10-22-14/h4-7,9-10,24-25H,3,8H2,1-2H3,(H,21,22,23). The van der Waals surface area contributed by atoms with Crippen LogP contribution in [0.25, 0.3) is 10.9 Å². The summed E-state index contributed by atoms with van der Waals surface area (Å²) in [5, 5.41) is 6.58. The van der Waals surface area contributed by atoms with Crippen molar-refractivity contribution in [1.82, 2.24) is 9.97 Å². The first-order chi connectivity index (χ1) is 13.3. The lowest BCUT2D eigenvalue weighted by Crippen LogP contribution is -2.16. The van der Waals surface area contributed by atoms with E-state index in [1.165, 1.54) is 12.4 Å². The largest absolute Gasteiger partial charge is 0.373 e. The Bertz CT molecular complexity index is 1120. The van der Waals surface area contributed by atoms with Crippen molar-refractivity contribution in [2.24, 2.45) is 0 Å². The zero-order valence-electron chi connectivity index (χ0n) is 15.3. The SMILES string of the molecule is CCCS(=O)(=O)Nc1ccc(F)c(Nc2ccc3ncnc(NC)c3c2)c1Cl. The number of hydrogen-bond donors (Lipinski definition) is 3. The Hall–Kier alpha value is -2.65. The zero-order valence-corrected chi connectivity index (χ0v) is 16.8. The Morgan fingerprint density at radius 1 is 1.18 bits per heavy atom. The third kappa shape index (κ3) is 4.26. The molecule has 1 aromatic heterocycles. The van der Waals surface area contributed by atoms with E-state index in [4.69, 9.17) is 11.6 Å². The lowest BCUT2D eigenvalue weighted by Gasteiger charge is -2.15. The Kier molecular flexibility index (Phi) is 5.85. The maximum atomic E-state index is 14.4. The fraction of sp³-hybridized carbons (Fsp3) is 0.222. The molecule has 1 heterocycles. The van der Waals surface area contributed by atoms with E-state index in [-0.39, 0.29) is 22.2 Å². The predicted molar refractivity (Wildman–Crippen MR) is 111 cm³/mol. The van der Waals surface area contributed by atoms with Gasteiger partial charge < -0.3 is 10.6 Å². The molecule has 0 saturated heterocycles. The van der Waals surface area contributed by atoms with Crippen LogP contribution >= 0.6 is 11.6 Å². The van der Waals surface area contributed by atoms with E-state index in [9.17, 15) is 12.8 Å². The molecule has 10 heteroatoms. The molecule has 0 spiro atoms. The zero-order chi connectivity index (χ0) is 20.3. The summed E-state index contributed by atoms with van der Waals surface area (Å²) >= 11 is 6.28. The molecular formula is C18H19ClFN5O2S. The third-order valence-electron chi connectivity index (χ3n) is 3.97. The minimum absolute atomic E-state index is 0.0272. The van der Waals surface area contributed by atoms with E-state index in [1.54, 1.807) is 32.2 Å². The van der Waals surface area contributed by atoms with Gasteiger partial charge in [-0.2, -0.15) is 0 Å². The monoisotopic (exact) mass is 423 g/mol. The van der Waals surface area contributed by atoms with Crippen molar-refractivity contribution in [1.29, 1.82) is 0 Å². The topological polar surface area (TPSA) is 96.0 Å². The summed E-state index contributed by atoms with van der Waals surface area (Å²) in [4.78, 5) is 8.34. The highest BCUT2D eigenvalue weighted by molar-refractivity contribution is 7.92. The van der Waals surface area contributed by atoms with Crippen LogP contribution in [0.1, 0.15) is 13.3 Å². The van der Waals surface area contributed by atoms with Crippen LogP contribution in [-0.2, 0) is 10.0 Å². The van der Waals surface area contributed by atoms with Crippen LogP contribution in [0.5, 0.6) is 0 Å². The highest BCUT2D eigenvalue weighted by atomic mass is 35.5. The van der Waals surface area contributed by atoms with Crippen LogP contribution in [0.3, 0.4) is 0 Å². The molecular weight excluding hydrogens is 405 g/mol. The van der Waals surface area contributed by atoms with Gasteiger partial charge in [-0.05, 0) is 36.8 Å². The number of halogens is 2. The van der Waals surface area contributed by atoms with Crippen molar-refractivity contribution in [3.63, 3.8) is 0 Å². The summed E-state index contributed by atoms with van der Waals surface area (Å²) in [6.45, 7) is 1.75. The van der Waals surface area contributed by atoms with Crippen molar-refractivity contribution in [3.8, 4) is 0 Å². The first kappa shape index (κ1) is 20.1. The number of benzene rings is 2. The maximum Gasteiger partial charge on any atom is 0.232 e. The van der Waals surface area contributed by atoms with E-state index in [2.05, 4.69) is 25.3 Å². The van der Waals surface area contributed by atoms with Crippen molar-refractivity contribution < 1.29 is 12.8 Å². The van der Waals surface area contributed by atoms with Gasteiger partial charge in [0.15, 0.2) is 0 Å². The summed E-state index contributed by atoms with van der Waals surface area (Å²) in [7, 11) is -1.82. The number of hydrogen-bond acceptors (Lipinski definition) is 6. The van der Waals surface area contributed by atoms with Crippen molar-refractivity contribution in [2.75, 3.05) is 28.2 Å². The Morgan fingerprint density at radius 2 is 1.96 bits per heavy atom. The Balaban J connectivity index is 1.98. The molecule has 3 N–H and O–H groups in total. The molecule has 0 aliphatic heterocycles. The number of nitrogens with zero attached hydrogens (tertiary/aromatic N) is 2. The van der Waals surface area contributed by atoms with Gasteiger partial charge >= 0.3 is 0 Å². The highest BCUT2D eigenvalue weighted by Crippen LogP contribution is 2.36. The molecule has 0 aliphatic carbocycles. The van der Waals surface area contributed by atoms with Crippen LogP contribution in [-0.4, -0.2) is 31.2 Å². The summed E-state index contributed by atoms with van der Waals surface area (Å²) in [5.41, 5.74) is 1.35. The molecule has 0 unspecified atom stereocenters. The van der Waals surface area contributed by atoms with Gasteiger partial charge in [-0.25, -0.2) is 22.8 Å². The smallest absolute Gasteiger partial charge is 0.232 e. The van der Waals surface area contributed by atoms with Gasteiger partial charge in [-0.1, -0.05) is 18.5 Å². The van der Waals surface area contributed by atoms with Gasteiger partial charge in [0.25, 0.3) is 0 Å². The Labute approximate surface area is 167 Å². The molecule has 0 fully saturated rings. The quantitative estimate of drug-likeness (QED) is 0.522. The number of anilines is 4. The normalized spacial score (nSPS) is 11.4. The van der Waals surface area contributed by atoms with Crippen LogP contribution < -0.4 is 15.4 Å². The fourth-order valence-corrected chi connectivity index (χ4v) is 4.16. The molecule has 148 valence electrons. The number of nitrogens with one attached hydrogen (secondary N) is 3. The van der Waals surface area contributed by atoms with E-state index in [1.807, 2.05) is 0 Å². The fourth-order valence-electron chi connectivity index (χ4n) is 2.71. The predicted octanol–water partition coefficient (Wildman–Crippen LogP) is 4.36. The first-order valence-corrected chi connectivity index (χ1v) is 10.6. The second kappa shape index (κ2) is 8.15. The van der Waals surface area contributed by atoms with E-state index in [0.717, 1.165) is 17.0 Å². The third-order valence-corrected chi connectivity index (χ3v) is 5.84. The van der Waals surface area contributed by atoms with Gasteiger partial charge in [0, 0.05) is 18.1 Å².